The maximum atomic E-state index is 11.0. The molecular weight excluding hydrogens is 210 g/mol. The van der Waals surface area contributed by atoms with E-state index in [1.807, 2.05) is 0 Å². The maximum Gasteiger partial charge on any atom is 0.336 e. The Morgan fingerprint density at radius 3 is 2.94 bits per heavy atom. The third kappa shape index (κ3) is 1.99. The lowest BCUT2D eigenvalue weighted by Crippen LogP contribution is -2.10. The van der Waals surface area contributed by atoms with Gasteiger partial charge >= 0.3 is 5.63 Å². The highest BCUT2D eigenvalue weighted by Gasteiger charge is 2.07. The Morgan fingerprint density at radius 1 is 1.38 bits per heavy atom. The summed E-state index contributed by atoms with van der Waals surface area (Å²) in [6.45, 7) is 0.700. The number of phenols is 1. The van der Waals surface area contributed by atoms with Crippen molar-refractivity contribution in [3.05, 3.63) is 34.7 Å². The molecule has 0 bridgehead atoms. The number of aromatic hydroxyl groups is 1. The van der Waals surface area contributed by atoms with Crippen molar-refractivity contribution in [2.75, 3.05) is 13.2 Å². The molecule has 2 aromatic rings. The largest absolute Gasteiger partial charge is 0.508 e. The van der Waals surface area contributed by atoms with E-state index < -0.39 is 5.63 Å². The second-order valence-corrected chi connectivity index (χ2v) is 3.25. The van der Waals surface area contributed by atoms with Gasteiger partial charge in [-0.05, 0) is 6.07 Å². The number of phenolic OH excluding ortho intramolecular Hbond substituents is 1. The van der Waals surface area contributed by atoms with Crippen LogP contribution in [0.4, 0.5) is 0 Å². The number of rotatable bonds is 3. The third-order valence-corrected chi connectivity index (χ3v) is 2.06. The summed E-state index contributed by atoms with van der Waals surface area (Å²) in [5, 5.41) is 10.1. The highest BCUT2D eigenvalue weighted by Crippen LogP contribution is 2.29. The molecule has 84 valence electrons. The first kappa shape index (κ1) is 10.5. The van der Waals surface area contributed by atoms with Crippen LogP contribution in [0.1, 0.15) is 0 Å². The molecule has 2 rings (SSSR count). The van der Waals surface area contributed by atoms with Crippen molar-refractivity contribution in [1.29, 1.82) is 0 Å². The topological polar surface area (TPSA) is 85.7 Å². The van der Waals surface area contributed by atoms with Gasteiger partial charge in [0.25, 0.3) is 0 Å². The van der Waals surface area contributed by atoms with E-state index in [9.17, 15) is 9.90 Å². The Morgan fingerprint density at radius 2 is 2.19 bits per heavy atom. The standard InChI is InChI=1S/C11H11NO4/c12-3-4-15-9-5-7(13)6-10-8(9)1-2-11(14)16-10/h1-2,5-6,13H,3-4,12H2. The van der Waals surface area contributed by atoms with Gasteiger partial charge in [0, 0.05) is 24.7 Å². The lowest BCUT2D eigenvalue weighted by Gasteiger charge is -2.07. The van der Waals surface area contributed by atoms with Crippen molar-refractivity contribution in [1.82, 2.24) is 0 Å². The molecule has 0 spiro atoms. The maximum absolute atomic E-state index is 11.0. The zero-order valence-electron chi connectivity index (χ0n) is 8.47. The summed E-state index contributed by atoms with van der Waals surface area (Å²) in [5.41, 5.74) is 5.14. The van der Waals surface area contributed by atoms with Gasteiger partial charge in [0.1, 0.15) is 23.7 Å². The number of fused-ring (bicyclic) bond motifs is 1. The van der Waals surface area contributed by atoms with Crippen LogP contribution in [0.3, 0.4) is 0 Å². The average molecular weight is 221 g/mol. The first-order chi connectivity index (χ1) is 7.70. The molecule has 5 heteroatoms. The summed E-state index contributed by atoms with van der Waals surface area (Å²) in [6.07, 6.45) is 0. The first-order valence-corrected chi connectivity index (χ1v) is 4.80. The molecule has 0 radical (unpaired) electrons. The fourth-order valence-electron chi connectivity index (χ4n) is 1.42. The second-order valence-electron chi connectivity index (χ2n) is 3.25. The minimum absolute atomic E-state index is 0.0196. The van der Waals surface area contributed by atoms with E-state index in [0.29, 0.717) is 29.9 Å². The molecule has 1 heterocycles. The molecule has 0 aliphatic rings. The van der Waals surface area contributed by atoms with Crippen LogP contribution in [0.15, 0.2) is 33.5 Å². The third-order valence-electron chi connectivity index (χ3n) is 2.06. The Bertz CT molecular complexity index is 561. The van der Waals surface area contributed by atoms with Crippen LogP contribution in [0.25, 0.3) is 11.0 Å². The van der Waals surface area contributed by atoms with Gasteiger partial charge in [-0.15, -0.1) is 0 Å². The molecule has 1 aromatic heterocycles. The van der Waals surface area contributed by atoms with Crippen LogP contribution < -0.4 is 16.1 Å². The first-order valence-electron chi connectivity index (χ1n) is 4.80. The summed E-state index contributed by atoms with van der Waals surface area (Å²) in [6, 6.07) is 5.71. The molecular formula is C11H11NO4. The molecule has 0 saturated heterocycles. The Labute approximate surface area is 91.1 Å². The van der Waals surface area contributed by atoms with Crippen LogP contribution in [0.5, 0.6) is 11.5 Å². The molecule has 0 aliphatic carbocycles. The zero-order valence-corrected chi connectivity index (χ0v) is 8.47. The number of ether oxygens (including phenoxy) is 1. The highest BCUT2D eigenvalue weighted by molar-refractivity contribution is 5.84. The minimum Gasteiger partial charge on any atom is -0.508 e. The molecule has 3 N–H and O–H groups in total. The summed E-state index contributed by atoms with van der Waals surface area (Å²) < 4.78 is 10.3. The van der Waals surface area contributed by atoms with Gasteiger partial charge in [0.15, 0.2) is 0 Å². The molecule has 0 saturated carbocycles. The van der Waals surface area contributed by atoms with Crippen molar-refractivity contribution in [2.24, 2.45) is 5.73 Å². The predicted molar refractivity (Wildman–Crippen MR) is 58.7 cm³/mol. The van der Waals surface area contributed by atoms with E-state index in [4.69, 9.17) is 14.9 Å². The normalized spacial score (nSPS) is 10.6. The van der Waals surface area contributed by atoms with E-state index >= 15 is 0 Å². The van der Waals surface area contributed by atoms with Crippen molar-refractivity contribution in [2.45, 2.75) is 0 Å². The monoisotopic (exact) mass is 221 g/mol. The van der Waals surface area contributed by atoms with Gasteiger partial charge in [-0.25, -0.2) is 4.79 Å². The van der Waals surface area contributed by atoms with E-state index in [1.54, 1.807) is 6.07 Å². The molecule has 1 aromatic carbocycles. The van der Waals surface area contributed by atoms with Crippen LogP contribution in [-0.4, -0.2) is 18.3 Å². The van der Waals surface area contributed by atoms with E-state index in [0.717, 1.165) is 0 Å². The van der Waals surface area contributed by atoms with E-state index in [1.165, 1.54) is 18.2 Å². The molecule has 5 nitrogen and oxygen atoms in total. The molecule has 0 aliphatic heterocycles. The lowest BCUT2D eigenvalue weighted by atomic mass is 10.2. The summed E-state index contributed by atoms with van der Waals surface area (Å²) in [7, 11) is 0. The van der Waals surface area contributed by atoms with Gasteiger partial charge in [0.2, 0.25) is 0 Å². The lowest BCUT2D eigenvalue weighted by molar-refractivity contribution is 0.329. The van der Waals surface area contributed by atoms with Gasteiger partial charge < -0.3 is 20.0 Å². The van der Waals surface area contributed by atoms with Crippen LogP contribution in [-0.2, 0) is 0 Å². The zero-order chi connectivity index (χ0) is 11.5. The highest BCUT2D eigenvalue weighted by atomic mass is 16.5. The van der Waals surface area contributed by atoms with E-state index in [2.05, 4.69) is 0 Å². The minimum atomic E-state index is -0.470. The number of hydrogen-bond donors (Lipinski definition) is 2. The van der Waals surface area contributed by atoms with Gasteiger partial charge in [-0.3, -0.25) is 0 Å². The SMILES string of the molecule is NCCOc1cc(O)cc2oc(=O)ccc12. The molecule has 0 fully saturated rings. The van der Waals surface area contributed by atoms with Gasteiger partial charge in [-0.2, -0.15) is 0 Å². The average Bonchev–Trinajstić information content (AvgIpc) is 2.25. The predicted octanol–water partition coefficient (Wildman–Crippen LogP) is 0.836. The number of hydrogen-bond acceptors (Lipinski definition) is 5. The molecule has 0 unspecified atom stereocenters. The fraction of sp³-hybridized carbons (Fsp3) is 0.182. The quantitative estimate of drug-likeness (QED) is 0.750. The van der Waals surface area contributed by atoms with Crippen molar-refractivity contribution >= 4 is 11.0 Å². The molecule has 0 amide bonds. The summed E-state index contributed by atoms with van der Waals surface area (Å²) in [5.74, 6) is 0.429. The summed E-state index contributed by atoms with van der Waals surface area (Å²) >= 11 is 0. The summed E-state index contributed by atoms with van der Waals surface area (Å²) in [4.78, 5) is 11.0. The fourth-order valence-corrected chi connectivity index (χ4v) is 1.42. The molecule has 0 atom stereocenters. The Balaban J connectivity index is 2.58. The van der Waals surface area contributed by atoms with E-state index in [-0.39, 0.29) is 5.75 Å². The smallest absolute Gasteiger partial charge is 0.336 e. The van der Waals surface area contributed by atoms with Crippen molar-refractivity contribution in [3.8, 4) is 11.5 Å². The number of benzene rings is 1. The Hall–Kier alpha value is -2.01. The second kappa shape index (κ2) is 4.24. The van der Waals surface area contributed by atoms with Gasteiger partial charge in [0.05, 0.1) is 5.39 Å². The Kier molecular flexibility index (Phi) is 2.78. The molecule has 16 heavy (non-hydrogen) atoms. The van der Waals surface area contributed by atoms with Crippen LogP contribution >= 0.6 is 0 Å². The van der Waals surface area contributed by atoms with Gasteiger partial charge in [-0.1, -0.05) is 0 Å². The van der Waals surface area contributed by atoms with Crippen molar-refractivity contribution < 1.29 is 14.3 Å². The van der Waals surface area contributed by atoms with Crippen LogP contribution in [0, 0.1) is 0 Å². The van der Waals surface area contributed by atoms with Crippen LogP contribution in [0.2, 0.25) is 0 Å². The van der Waals surface area contributed by atoms with Crippen molar-refractivity contribution in [3.63, 3.8) is 0 Å². The number of nitrogens with two attached hydrogens (primary N) is 1.